The normalized spacial score (nSPS) is 27.1. The highest BCUT2D eigenvalue weighted by Crippen LogP contribution is 2.45. The summed E-state index contributed by atoms with van der Waals surface area (Å²) in [5, 5.41) is 12.2. The van der Waals surface area contributed by atoms with Gasteiger partial charge >= 0.3 is 0 Å². The smallest absolute Gasteiger partial charge is 0.196 e. The van der Waals surface area contributed by atoms with E-state index in [1.165, 1.54) is 4.90 Å². The Morgan fingerprint density at radius 2 is 2.04 bits per heavy atom. The van der Waals surface area contributed by atoms with Gasteiger partial charge in [-0.1, -0.05) is 18.9 Å². The van der Waals surface area contributed by atoms with E-state index in [9.17, 15) is 9.90 Å². The second-order valence-electron chi connectivity index (χ2n) is 9.11. The molecule has 2 aliphatic rings. The Balaban J connectivity index is 2.00. The number of carbonyl (C=O) groups excluding carboxylic acids is 1. The fourth-order valence-electron chi connectivity index (χ4n) is 4.98. The summed E-state index contributed by atoms with van der Waals surface area (Å²) >= 11 is 0. The van der Waals surface area contributed by atoms with E-state index >= 15 is 0 Å². The number of benzene rings is 1. The van der Waals surface area contributed by atoms with E-state index in [4.69, 9.17) is 11.5 Å². The number of quaternary nitrogens is 1. The van der Waals surface area contributed by atoms with Crippen molar-refractivity contribution in [1.82, 2.24) is 9.38 Å². The summed E-state index contributed by atoms with van der Waals surface area (Å²) in [7, 11) is 0. The molecule has 28 heavy (non-hydrogen) atoms. The van der Waals surface area contributed by atoms with Gasteiger partial charge in [0.1, 0.15) is 12.6 Å². The van der Waals surface area contributed by atoms with E-state index in [2.05, 4.69) is 18.8 Å². The van der Waals surface area contributed by atoms with E-state index in [0.29, 0.717) is 16.7 Å². The standard InChI is InChI=1S/C21H33N5O2/c1-14(2)26(13-24-19-16(23)9-7-11-18(19)26)12-21(3,4)25(20(27)28)17-10-6-5-8-15(17)22/h7,9,11,13-15,17H,5-6,8,10,12,22-23H2,1-4H3/t15-,17+,26?/m1/s1. The van der Waals surface area contributed by atoms with Gasteiger partial charge in [0.05, 0.1) is 17.3 Å². The predicted molar refractivity (Wildman–Crippen MR) is 112 cm³/mol. The third-order valence-electron chi connectivity index (χ3n) is 6.42. The molecule has 1 aliphatic carbocycles. The minimum atomic E-state index is -1.15. The predicted octanol–water partition coefficient (Wildman–Crippen LogP) is 2.35. The number of rotatable bonds is 5. The number of nitrogens with two attached hydrogens (primary N) is 2. The quantitative estimate of drug-likeness (QED) is 0.597. The van der Waals surface area contributed by atoms with Crippen LogP contribution in [-0.4, -0.2) is 47.5 Å². The van der Waals surface area contributed by atoms with Gasteiger partial charge in [0, 0.05) is 18.2 Å². The molecule has 4 N–H and O–H groups in total. The van der Waals surface area contributed by atoms with Crippen molar-refractivity contribution in [1.29, 1.82) is 0 Å². The topological polar surface area (TPSA) is 108 Å². The van der Waals surface area contributed by atoms with Crippen LogP contribution in [0.4, 0.5) is 21.9 Å². The third kappa shape index (κ3) is 3.37. The van der Waals surface area contributed by atoms with Crippen LogP contribution in [-0.2, 0) is 0 Å². The summed E-state index contributed by atoms with van der Waals surface area (Å²) < 4.78 is 0.444. The molecule has 1 heterocycles. The van der Waals surface area contributed by atoms with Crippen molar-refractivity contribution in [3.05, 3.63) is 18.2 Å². The molecule has 0 spiro atoms. The molecular weight excluding hydrogens is 354 g/mol. The molecule has 1 unspecified atom stereocenters. The number of carboxylic acid groups (broad SMARTS) is 1. The molecule has 0 radical (unpaired) electrons. The molecule has 7 nitrogen and oxygen atoms in total. The van der Waals surface area contributed by atoms with Crippen molar-refractivity contribution in [2.75, 3.05) is 12.3 Å². The maximum atomic E-state index is 12.2. The van der Waals surface area contributed by atoms with Crippen LogP contribution in [0, 0.1) is 0 Å². The van der Waals surface area contributed by atoms with Crippen LogP contribution >= 0.6 is 0 Å². The van der Waals surface area contributed by atoms with E-state index in [0.717, 1.165) is 37.1 Å². The van der Waals surface area contributed by atoms with Crippen LogP contribution in [0.2, 0.25) is 0 Å². The first-order valence-electron chi connectivity index (χ1n) is 10.2. The van der Waals surface area contributed by atoms with Crippen molar-refractivity contribution in [2.45, 2.75) is 77.0 Å². The van der Waals surface area contributed by atoms with Gasteiger partial charge in [-0.15, -0.1) is 0 Å². The van der Waals surface area contributed by atoms with E-state index in [1.807, 2.05) is 38.4 Å². The van der Waals surface area contributed by atoms with Crippen LogP contribution in [0.15, 0.2) is 23.2 Å². The van der Waals surface area contributed by atoms with Crippen LogP contribution in [0.25, 0.3) is 0 Å². The Morgan fingerprint density at radius 1 is 1.36 bits per heavy atom. The zero-order chi connectivity index (χ0) is 20.7. The molecule has 3 atom stereocenters. The summed E-state index contributed by atoms with van der Waals surface area (Å²) in [6.07, 6.45) is 4.40. The Bertz CT molecular complexity index is 776. The van der Waals surface area contributed by atoms with Crippen LogP contribution in [0.3, 0.4) is 0 Å². The molecule has 0 aromatic heterocycles. The van der Waals surface area contributed by atoms with Gasteiger partial charge in [-0.05, 0) is 46.6 Å². The molecule has 1 saturated carbocycles. The van der Waals surface area contributed by atoms with Gasteiger partial charge in [0.25, 0.3) is 0 Å². The maximum absolute atomic E-state index is 12.2. The first kappa shape index (κ1) is 20.6. The summed E-state index contributed by atoms with van der Waals surface area (Å²) in [5.74, 6) is 0. The van der Waals surface area contributed by atoms with Crippen molar-refractivity contribution in [2.24, 2.45) is 10.7 Å². The van der Waals surface area contributed by atoms with Gasteiger partial charge < -0.3 is 26.3 Å². The summed E-state index contributed by atoms with van der Waals surface area (Å²) in [6, 6.07) is 5.59. The summed E-state index contributed by atoms with van der Waals surface area (Å²) in [6.45, 7) is 8.70. The van der Waals surface area contributed by atoms with E-state index in [1.54, 1.807) is 0 Å². The van der Waals surface area contributed by atoms with Crippen molar-refractivity contribution < 1.29 is 9.90 Å². The molecule has 1 aromatic rings. The molecule has 3 rings (SSSR count). The molecule has 1 fully saturated rings. The highest BCUT2D eigenvalue weighted by atomic mass is 16.4. The Hall–Kier alpha value is -2.12. The number of aliphatic imine (C=N–C) groups is 1. The lowest BCUT2D eigenvalue weighted by Crippen LogP contribution is -2.69. The zero-order valence-electron chi connectivity index (χ0n) is 17.4. The van der Waals surface area contributed by atoms with Gasteiger partial charge in [0.15, 0.2) is 17.7 Å². The molecular formula is C21H33N5O2. The number of anilines is 1. The van der Waals surface area contributed by atoms with E-state index < -0.39 is 11.6 Å². The number of carbonyl (C=O) groups is 1. The second-order valence-corrected chi connectivity index (χ2v) is 9.11. The van der Waals surface area contributed by atoms with Crippen LogP contribution < -0.4 is 21.1 Å². The van der Waals surface area contributed by atoms with Crippen LogP contribution in [0.1, 0.15) is 53.4 Å². The molecule has 1 amide bonds. The molecule has 1 aromatic carbocycles. The highest BCUT2D eigenvalue weighted by molar-refractivity contribution is 5.94. The Kier molecular flexibility index (Phi) is 5.42. The lowest BCUT2D eigenvalue weighted by atomic mass is 9.86. The average molecular weight is 388 g/mol. The number of nitrogen functional groups attached to an aromatic ring is 1. The Labute approximate surface area is 167 Å². The maximum Gasteiger partial charge on any atom is 0.196 e. The average Bonchev–Trinajstić information content (AvgIpc) is 2.97. The first-order valence-corrected chi connectivity index (χ1v) is 10.2. The largest absolute Gasteiger partial charge is 0.530 e. The van der Waals surface area contributed by atoms with Gasteiger partial charge in [-0.2, -0.15) is 4.99 Å². The second kappa shape index (κ2) is 7.37. The molecule has 154 valence electrons. The molecule has 0 bridgehead atoms. The minimum Gasteiger partial charge on any atom is -0.530 e. The number of para-hydroxylation sites is 1. The zero-order valence-corrected chi connectivity index (χ0v) is 17.4. The van der Waals surface area contributed by atoms with E-state index in [-0.39, 0.29) is 18.1 Å². The number of amides is 1. The fraction of sp³-hybridized carbons (Fsp3) is 0.619. The van der Waals surface area contributed by atoms with Gasteiger partial charge in [0.2, 0.25) is 0 Å². The Morgan fingerprint density at radius 3 is 2.64 bits per heavy atom. The third-order valence-corrected chi connectivity index (χ3v) is 6.42. The minimum absolute atomic E-state index is 0.159. The lowest BCUT2D eigenvalue weighted by Gasteiger charge is -2.51. The fourth-order valence-corrected chi connectivity index (χ4v) is 4.98. The summed E-state index contributed by atoms with van der Waals surface area (Å²) in [4.78, 5) is 18.3. The number of hydrogen-bond acceptors (Lipinski definition) is 5. The lowest BCUT2D eigenvalue weighted by molar-refractivity contribution is -0.275. The number of fused-ring (bicyclic) bond motifs is 1. The molecule has 0 saturated heterocycles. The highest BCUT2D eigenvalue weighted by Gasteiger charge is 2.48. The van der Waals surface area contributed by atoms with Crippen molar-refractivity contribution in [3.63, 3.8) is 0 Å². The molecule has 1 aliphatic heterocycles. The number of nitrogens with zero attached hydrogens (tertiary/aromatic N) is 3. The van der Waals surface area contributed by atoms with Crippen molar-refractivity contribution in [3.8, 4) is 0 Å². The van der Waals surface area contributed by atoms with Crippen LogP contribution in [0.5, 0.6) is 0 Å². The van der Waals surface area contributed by atoms with Crippen molar-refractivity contribution >= 4 is 29.5 Å². The number of hydrogen-bond donors (Lipinski definition) is 2. The SMILES string of the molecule is CC(C)[N+]1(CC(C)(C)N(C(=O)[O-])[C@H]2CCCC[C@H]2N)C=Nc2c(N)cccc21. The summed E-state index contributed by atoms with van der Waals surface area (Å²) in [5.41, 5.74) is 14.2. The van der Waals surface area contributed by atoms with Gasteiger partial charge in [-0.25, -0.2) is 4.48 Å². The molecule has 7 heteroatoms. The van der Waals surface area contributed by atoms with Gasteiger partial charge in [-0.3, -0.25) is 0 Å². The monoisotopic (exact) mass is 387 g/mol. The first-order chi connectivity index (χ1) is 13.1.